The number of aliphatic hydroxyl groups is 1. The summed E-state index contributed by atoms with van der Waals surface area (Å²) in [4.78, 5) is 24.7. The van der Waals surface area contributed by atoms with Gasteiger partial charge >= 0.3 is 5.97 Å². The zero-order valence-electron chi connectivity index (χ0n) is 22.6. The highest BCUT2D eigenvalue weighted by Gasteiger charge is 2.63. The second kappa shape index (κ2) is 10.3. The van der Waals surface area contributed by atoms with Crippen LogP contribution in [0.3, 0.4) is 0 Å². The Balaban J connectivity index is 1.44. The smallest absolute Gasteiger partial charge is 0.303 e. The number of hydrogen-bond donors (Lipinski definition) is 3. The minimum Gasteiger partial charge on any atom is -0.481 e. The lowest BCUT2D eigenvalue weighted by molar-refractivity contribution is -0.141. The molecule has 4 fully saturated rings. The molecule has 5 rings (SSSR count). The standard InChI is InChI=1S/C31H44BrNO4/c1-18(4-11-27(35)36)23-9-10-24-28-25(13-15-31(23,24)3)30(2)14-12-22(34)16-20(30)17-26(28)33-29(37)19-5-7-21(32)8-6-19/h5-8,18,20,22-26,28,34H,4,9-17H2,1-3H3,(H,33,37)(H,35,36)/t18?,20-,22+,23+,24-,25-,26-,28-,30-,31+/m0/s1. The number of halogens is 1. The van der Waals surface area contributed by atoms with E-state index in [-0.39, 0.29) is 35.3 Å². The number of rotatable bonds is 6. The van der Waals surface area contributed by atoms with Crippen molar-refractivity contribution >= 4 is 27.8 Å². The molecule has 1 amide bonds. The maximum Gasteiger partial charge on any atom is 0.303 e. The van der Waals surface area contributed by atoms with Gasteiger partial charge in [-0.2, -0.15) is 0 Å². The number of hydrogen-bond acceptors (Lipinski definition) is 3. The van der Waals surface area contributed by atoms with Crippen LogP contribution >= 0.6 is 15.9 Å². The third kappa shape index (κ3) is 4.90. The minimum atomic E-state index is -0.697. The third-order valence-electron chi connectivity index (χ3n) is 11.7. The first-order valence-electron chi connectivity index (χ1n) is 14.5. The van der Waals surface area contributed by atoms with Gasteiger partial charge in [-0.15, -0.1) is 0 Å². The van der Waals surface area contributed by atoms with Crippen molar-refractivity contribution in [3.63, 3.8) is 0 Å². The van der Waals surface area contributed by atoms with E-state index in [1.807, 2.05) is 24.3 Å². The summed E-state index contributed by atoms with van der Waals surface area (Å²) < 4.78 is 0.964. The van der Waals surface area contributed by atoms with E-state index >= 15 is 0 Å². The van der Waals surface area contributed by atoms with E-state index < -0.39 is 5.97 Å². The molecule has 0 aliphatic heterocycles. The van der Waals surface area contributed by atoms with E-state index in [4.69, 9.17) is 0 Å². The molecule has 0 saturated heterocycles. The molecule has 5 nitrogen and oxygen atoms in total. The molecule has 0 aromatic heterocycles. The van der Waals surface area contributed by atoms with Gasteiger partial charge in [-0.05, 0) is 128 Å². The van der Waals surface area contributed by atoms with E-state index in [2.05, 4.69) is 42.0 Å². The molecule has 1 unspecified atom stereocenters. The van der Waals surface area contributed by atoms with Crippen LogP contribution in [-0.4, -0.2) is 34.2 Å². The lowest BCUT2D eigenvalue weighted by Crippen LogP contribution is -2.62. The Labute approximate surface area is 230 Å². The number of carbonyl (C=O) groups is 2. The van der Waals surface area contributed by atoms with Gasteiger partial charge in [0.25, 0.3) is 5.91 Å². The van der Waals surface area contributed by atoms with Crippen LogP contribution in [0.5, 0.6) is 0 Å². The summed E-state index contributed by atoms with van der Waals surface area (Å²) in [6.07, 6.45) is 9.24. The van der Waals surface area contributed by atoms with Gasteiger partial charge in [-0.25, -0.2) is 0 Å². The Morgan fingerprint density at radius 3 is 2.41 bits per heavy atom. The van der Waals surface area contributed by atoms with Crippen molar-refractivity contribution in [2.75, 3.05) is 0 Å². The molecule has 10 atom stereocenters. The molecule has 4 aliphatic rings. The Morgan fingerprint density at radius 1 is 1.03 bits per heavy atom. The lowest BCUT2D eigenvalue weighted by atomic mass is 9.43. The Bertz CT molecular complexity index is 1010. The summed E-state index contributed by atoms with van der Waals surface area (Å²) in [7, 11) is 0. The van der Waals surface area contributed by atoms with E-state index in [1.165, 1.54) is 19.3 Å². The molecule has 0 bridgehead atoms. The molecule has 3 N–H and O–H groups in total. The van der Waals surface area contributed by atoms with E-state index in [9.17, 15) is 19.8 Å². The van der Waals surface area contributed by atoms with Gasteiger partial charge in [-0.3, -0.25) is 9.59 Å². The molecule has 4 saturated carbocycles. The zero-order valence-corrected chi connectivity index (χ0v) is 24.2. The SMILES string of the molecule is CC(CCC(=O)O)[C@H]1CC[C@H]2[C@@H]3[C@@H](NC(=O)c4ccc(Br)cc4)C[C@@H]4C[C@H](O)CC[C@]4(C)[C@H]3CC[C@]12C. The number of carboxylic acid groups (broad SMARTS) is 1. The second-order valence-electron chi connectivity index (χ2n) is 13.4. The number of nitrogens with one attached hydrogen (secondary N) is 1. The molecule has 6 heteroatoms. The highest BCUT2D eigenvalue weighted by Crippen LogP contribution is 2.68. The highest BCUT2D eigenvalue weighted by atomic mass is 79.9. The van der Waals surface area contributed by atoms with Crippen molar-refractivity contribution in [3.05, 3.63) is 34.3 Å². The zero-order chi connectivity index (χ0) is 26.5. The fourth-order valence-electron chi connectivity index (χ4n) is 9.78. The number of carboxylic acids is 1. The molecule has 0 heterocycles. The van der Waals surface area contributed by atoms with Gasteiger partial charge in [-0.1, -0.05) is 36.7 Å². The van der Waals surface area contributed by atoms with Crippen molar-refractivity contribution < 1.29 is 19.8 Å². The van der Waals surface area contributed by atoms with Crippen LogP contribution in [0.25, 0.3) is 0 Å². The summed E-state index contributed by atoms with van der Waals surface area (Å²) in [6, 6.07) is 7.72. The molecular weight excluding hydrogens is 530 g/mol. The summed E-state index contributed by atoms with van der Waals surface area (Å²) in [5.74, 6) is 2.22. The predicted octanol–water partition coefficient (Wildman–Crippen LogP) is 6.68. The number of amides is 1. The van der Waals surface area contributed by atoms with E-state index in [0.29, 0.717) is 41.1 Å². The molecule has 1 aromatic carbocycles. The van der Waals surface area contributed by atoms with Crippen LogP contribution in [0.4, 0.5) is 0 Å². The van der Waals surface area contributed by atoms with E-state index in [1.54, 1.807) is 0 Å². The Morgan fingerprint density at radius 2 is 1.70 bits per heavy atom. The molecular formula is C31H44BrNO4. The lowest BCUT2D eigenvalue weighted by Gasteiger charge is -2.63. The van der Waals surface area contributed by atoms with Crippen LogP contribution in [0.2, 0.25) is 0 Å². The van der Waals surface area contributed by atoms with Crippen LogP contribution in [-0.2, 0) is 4.79 Å². The fraction of sp³-hybridized carbons (Fsp3) is 0.742. The number of fused-ring (bicyclic) bond motifs is 5. The third-order valence-corrected chi connectivity index (χ3v) is 12.2. The van der Waals surface area contributed by atoms with Gasteiger partial charge in [0.15, 0.2) is 0 Å². The second-order valence-corrected chi connectivity index (χ2v) is 14.3. The monoisotopic (exact) mass is 573 g/mol. The number of aliphatic carboxylic acids is 1. The van der Waals surface area contributed by atoms with Gasteiger partial charge < -0.3 is 15.5 Å². The quantitative estimate of drug-likeness (QED) is 0.354. The first-order valence-corrected chi connectivity index (χ1v) is 15.3. The minimum absolute atomic E-state index is 0.00728. The Kier molecular flexibility index (Phi) is 7.56. The maximum absolute atomic E-state index is 13.5. The van der Waals surface area contributed by atoms with Crippen LogP contribution < -0.4 is 5.32 Å². The van der Waals surface area contributed by atoms with Gasteiger partial charge in [0, 0.05) is 22.5 Å². The number of carbonyl (C=O) groups excluding carboxylic acids is 1. The molecule has 1 aromatic rings. The van der Waals surface area contributed by atoms with Crippen molar-refractivity contribution in [3.8, 4) is 0 Å². The fourth-order valence-corrected chi connectivity index (χ4v) is 10.0. The average Bonchev–Trinajstić information content (AvgIpc) is 3.21. The topological polar surface area (TPSA) is 86.6 Å². The predicted molar refractivity (Wildman–Crippen MR) is 148 cm³/mol. The van der Waals surface area contributed by atoms with E-state index in [0.717, 1.165) is 43.0 Å². The summed E-state index contributed by atoms with van der Waals surface area (Å²) >= 11 is 3.47. The van der Waals surface area contributed by atoms with Gasteiger partial charge in [0.1, 0.15) is 0 Å². The van der Waals surface area contributed by atoms with Gasteiger partial charge in [0.2, 0.25) is 0 Å². The van der Waals surface area contributed by atoms with Crippen LogP contribution in [0, 0.1) is 46.3 Å². The highest BCUT2D eigenvalue weighted by molar-refractivity contribution is 9.10. The van der Waals surface area contributed by atoms with Crippen LogP contribution in [0.15, 0.2) is 28.7 Å². The van der Waals surface area contributed by atoms with Gasteiger partial charge in [0.05, 0.1) is 6.10 Å². The average molecular weight is 575 g/mol. The maximum atomic E-state index is 13.5. The number of benzene rings is 1. The van der Waals surface area contributed by atoms with Crippen molar-refractivity contribution in [2.45, 2.75) is 97.1 Å². The molecule has 0 spiro atoms. The first-order chi connectivity index (χ1) is 17.5. The Hall–Kier alpha value is -1.40. The molecule has 204 valence electrons. The number of aliphatic hydroxyl groups excluding tert-OH is 1. The summed E-state index contributed by atoms with van der Waals surface area (Å²) in [6.45, 7) is 7.23. The summed E-state index contributed by atoms with van der Waals surface area (Å²) in [5.41, 5.74) is 1.11. The molecule has 4 aliphatic carbocycles. The molecule has 37 heavy (non-hydrogen) atoms. The van der Waals surface area contributed by atoms with Crippen LogP contribution in [0.1, 0.15) is 95.3 Å². The summed E-state index contributed by atoms with van der Waals surface area (Å²) in [5, 5.41) is 23.4. The largest absolute Gasteiger partial charge is 0.481 e. The molecule has 0 radical (unpaired) electrons. The first kappa shape index (κ1) is 27.2. The van der Waals surface area contributed by atoms with Crippen molar-refractivity contribution in [2.24, 2.45) is 46.3 Å². The normalized spacial score (nSPS) is 41.7. The van der Waals surface area contributed by atoms with Crippen molar-refractivity contribution in [1.82, 2.24) is 5.32 Å². The van der Waals surface area contributed by atoms with Crippen molar-refractivity contribution in [1.29, 1.82) is 0 Å².